The minimum Gasteiger partial charge on any atom is -0.461 e. The molecule has 5 heteroatoms. The van der Waals surface area contributed by atoms with E-state index < -0.39 is 11.9 Å². The van der Waals surface area contributed by atoms with Crippen molar-refractivity contribution in [1.29, 1.82) is 0 Å². The van der Waals surface area contributed by atoms with Crippen molar-refractivity contribution in [2.45, 2.75) is 26.2 Å². The molecule has 0 aliphatic heterocycles. The molecule has 0 heterocycles. The van der Waals surface area contributed by atoms with Gasteiger partial charge in [0.1, 0.15) is 0 Å². The molecule has 0 aromatic carbocycles. The number of carbonyl (C=O) groups is 1. The minimum atomic E-state index is -3.40. The topological polar surface area (TPSA) is 35.5 Å². The second-order valence-electron chi connectivity index (χ2n) is 2.57. The number of carbonyl (C=O) groups excluding carboxylic acids is 1. The fourth-order valence-electron chi connectivity index (χ4n) is 0.597. The summed E-state index contributed by atoms with van der Waals surface area (Å²) in [5.74, 6) is -4.88. The highest BCUT2D eigenvalue weighted by atomic mass is 19.3. The van der Waals surface area contributed by atoms with E-state index in [-0.39, 0.29) is 6.61 Å². The Morgan fingerprint density at radius 2 is 2.00 bits per heavy atom. The maximum absolute atomic E-state index is 12.2. The van der Waals surface area contributed by atoms with E-state index in [9.17, 15) is 13.6 Å². The number of hydrogen-bond donors (Lipinski definition) is 0. The molecular formula is C8H14F2O3. The van der Waals surface area contributed by atoms with Crippen LogP contribution in [-0.2, 0) is 14.3 Å². The molecule has 78 valence electrons. The lowest BCUT2D eigenvalue weighted by molar-refractivity contribution is -0.169. The van der Waals surface area contributed by atoms with E-state index in [1.165, 1.54) is 0 Å². The molecule has 0 rings (SSSR count). The van der Waals surface area contributed by atoms with Gasteiger partial charge in [-0.1, -0.05) is 0 Å². The van der Waals surface area contributed by atoms with Crippen LogP contribution in [0.2, 0.25) is 0 Å². The molecule has 0 N–H and O–H groups in total. The molecule has 0 aliphatic rings. The highest BCUT2D eigenvalue weighted by Crippen LogP contribution is 2.13. The van der Waals surface area contributed by atoms with Gasteiger partial charge in [-0.2, -0.15) is 8.78 Å². The molecule has 3 nitrogen and oxygen atoms in total. The van der Waals surface area contributed by atoms with Gasteiger partial charge in [0, 0.05) is 26.6 Å². The summed E-state index contributed by atoms with van der Waals surface area (Å²) in [7, 11) is 0. The standard InChI is InChI=1S/C8H14F2O3/c1-3-12-5-4-6-13-7(11)8(2,9)10/h3-6H2,1-2H3. The van der Waals surface area contributed by atoms with Crippen LogP contribution in [0, 0.1) is 0 Å². The van der Waals surface area contributed by atoms with Crippen LogP contribution in [0.25, 0.3) is 0 Å². The number of alkyl halides is 2. The Morgan fingerprint density at radius 3 is 2.46 bits per heavy atom. The predicted octanol–water partition coefficient (Wildman–Crippen LogP) is 1.61. The van der Waals surface area contributed by atoms with Gasteiger partial charge in [0.2, 0.25) is 0 Å². The van der Waals surface area contributed by atoms with Crippen molar-refractivity contribution in [3.05, 3.63) is 0 Å². The van der Waals surface area contributed by atoms with Gasteiger partial charge in [-0.3, -0.25) is 0 Å². The molecule has 0 fully saturated rings. The van der Waals surface area contributed by atoms with Crippen LogP contribution < -0.4 is 0 Å². The van der Waals surface area contributed by atoms with E-state index in [0.717, 1.165) is 0 Å². The first-order chi connectivity index (χ1) is 5.98. The molecule has 0 aromatic heterocycles. The lowest BCUT2D eigenvalue weighted by Gasteiger charge is -2.09. The summed E-state index contributed by atoms with van der Waals surface area (Å²) in [6.07, 6.45) is 0.440. The van der Waals surface area contributed by atoms with Crippen molar-refractivity contribution in [2.24, 2.45) is 0 Å². The SMILES string of the molecule is CCOCCCOC(=O)C(C)(F)F. The summed E-state index contributed by atoms with van der Waals surface area (Å²) in [6, 6.07) is 0. The zero-order valence-corrected chi connectivity index (χ0v) is 7.81. The average molecular weight is 196 g/mol. The average Bonchev–Trinajstić information content (AvgIpc) is 2.02. The highest BCUT2D eigenvalue weighted by Gasteiger charge is 2.33. The van der Waals surface area contributed by atoms with E-state index in [0.29, 0.717) is 26.6 Å². The van der Waals surface area contributed by atoms with Crippen LogP contribution in [0.4, 0.5) is 8.78 Å². The molecule has 0 saturated heterocycles. The number of hydrogen-bond acceptors (Lipinski definition) is 3. The Balaban J connectivity index is 3.38. The first kappa shape index (κ1) is 12.3. The van der Waals surface area contributed by atoms with Gasteiger partial charge in [-0.15, -0.1) is 0 Å². The lowest BCUT2D eigenvalue weighted by atomic mass is 10.4. The Labute approximate surface area is 76.0 Å². The first-order valence-electron chi connectivity index (χ1n) is 4.11. The van der Waals surface area contributed by atoms with E-state index in [1.54, 1.807) is 0 Å². The van der Waals surface area contributed by atoms with Crippen molar-refractivity contribution in [3.8, 4) is 0 Å². The van der Waals surface area contributed by atoms with Crippen LogP contribution in [0.1, 0.15) is 20.3 Å². The Hall–Kier alpha value is -0.710. The summed E-state index contributed by atoms with van der Waals surface area (Å²) in [4.78, 5) is 10.5. The zero-order valence-electron chi connectivity index (χ0n) is 7.81. The second kappa shape index (κ2) is 5.85. The Morgan fingerprint density at radius 1 is 1.38 bits per heavy atom. The van der Waals surface area contributed by atoms with E-state index in [1.807, 2.05) is 6.92 Å². The molecule has 0 aromatic rings. The summed E-state index contributed by atoms with van der Waals surface area (Å²) < 4.78 is 33.6. The van der Waals surface area contributed by atoms with Crippen LogP contribution in [-0.4, -0.2) is 31.7 Å². The highest BCUT2D eigenvalue weighted by molar-refractivity contribution is 5.76. The molecule has 0 unspecified atom stereocenters. The number of esters is 1. The van der Waals surface area contributed by atoms with Gasteiger partial charge < -0.3 is 9.47 Å². The quantitative estimate of drug-likeness (QED) is 0.478. The smallest absolute Gasteiger partial charge is 0.376 e. The van der Waals surface area contributed by atoms with Gasteiger partial charge in [0.25, 0.3) is 0 Å². The Kier molecular flexibility index (Phi) is 5.53. The van der Waals surface area contributed by atoms with Crippen molar-refractivity contribution in [1.82, 2.24) is 0 Å². The van der Waals surface area contributed by atoms with Crippen molar-refractivity contribution < 1.29 is 23.0 Å². The summed E-state index contributed by atoms with van der Waals surface area (Å²) in [5.41, 5.74) is 0. The molecule has 0 amide bonds. The fourth-order valence-corrected chi connectivity index (χ4v) is 0.597. The maximum Gasteiger partial charge on any atom is 0.376 e. The number of rotatable bonds is 6. The number of halogens is 2. The van der Waals surface area contributed by atoms with Crippen LogP contribution in [0.15, 0.2) is 0 Å². The van der Waals surface area contributed by atoms with Crippen LogP contribution in [0.5, 0.6) is 0 Å². The van der Waals surface area contributed by atoms with Crippen molar-refractivity contribution in [3.63, 3.8) is 0 Å². The summed E-state index contributed by atoms with van der Waals surface area (Å²) >= 11 is 0. The molecule has 0 atom stereocenters. The predicted molar refractivity (Wildman–Crippen MR) is 42.7 cm³/mol. The first-order valence-corrected chi connectivity index (χ1v) is 4.11. The monoisotopic (exact) mass is 196 g/mol. The van der Waals surface area contributed by atoms with Gasteiger partial charge in [-0.05, 0) is 6.92 Å². The van der Waals surface area contributed by atoms with Crippen molar-refractivity contribution in [2.75, 3.05) is 19.8 Å². The third-order valence-corrected chi connectivity index (χ3v) is 1.23. The van der Waals surface area contributed by atoms with Gasteiger partial charge in [-0.25, -0.2) is 4.79 Å². The normalized spacial score (nSPS) is 11.4. The summed E-state index contributed by atoms with van der Waals surface area (Å²) in [6.45, 7) is 3.29. The van der Waals surface area contributed by atoms with Crippen LogP contribution >= 0.6 is 0 Å². The largest absolute Gasteiger partial charge is 0.461 e. The third kappa shape index (κ3) is 6.45. The zero-order chi connectivity index (χ0) is 10.3. The summed E-state index contributed by atoms with van der Waals surface area (Å²) in [5, 5.41) is 0. The van der Waals surface area contributed by atoms with E-state index in [4.69, 9.17) is 4.74 Å². The lowest BCUT2D eigenvalue weighted by Crippen LogP contribution is -2.27. The minimum absolute atomic E-state index is 0.0255. The Bertz CT molecular complexity index is 154. The number of ether oxygens (including phenoxy) is 2. The molecule has 0 aliphatic carbocycles. The maximum atomic E-state index is 12.2. The van der Waals surface area contributed by atoms with Gasteiger partial charge >= 0.3 is 11.9 Å². The molecular weight excluding hydrogens is 182 g/mol. The molecule has 0 bridgehead atoms. The van der Waals surface area contributed by atoms with E-state index in [2.05, 4.69) is 4.74 Å². The van der Waals surface area contributed by atoms with Crippen LogP contribution in [0.3, 0.4) is 0 Å². The molecule has 0 radical (unpaired) electrons. The van der Waals surface area contributed by atoms with E-state index >= 15 is 0 Å². The molecule has 0 saturated carbocycles. The molecule has 0 spiro atoms. The molecule has 13 heavy (non-hydrogen) atoms. The van der Waals surface area contributed by atoms with Crippen molar-refractivity contribution >= 4 is 5.97 Å². The van der Waals surface area contributed by atoms with Gasteiger partial charge in [0.05, 0.1) is 6.61 Å². The fraction of sp³-hybridized carbons (Fsp3) is 0.875. The van der Waals surface area contributed by atoms with Gasteiger partial charge in [0.15, 0.2) is 0 Å². The second-order valence-corrected chi connectivity index (χ2v) is 2.57. The third-order valence-electron chi connectivity index (χ3n) is 1.23.